The first kappa shape index (κ1) is 12.4. The quantitative estimate of drug-likeness (QED) is 0.784. The van der Waals surface area contributed by atoms with Crippen LogP contribution in [-0.4, -0.2) is 35.0 Å². The van der Waals surface area contributed by atoms with Crippen LogP contribution in [0, 0.1) is 11.4 Å². The molecule has 0 radical (unpaired) electrons. The summed E-state index contributed by atoms with van der Waals surface area (Å²) < 4.78 is 18.6. The molecule has 5 heteroatoms. The third-order valence-electron chi connectivity index (χ3n) is 3.93. The van der Waals surface area contributed by atoms with Crippen molar-refractivity contribution >= 4 is 5.91 Å². The Morgan fingerprint density at radius 2 is 2.32 bits per heavy atom. The van der Waals surface area contributed by atoms with Crippen LogP contribution in [0.2, 0.25) is 0 Å². The number of nitrogens with zero attached hydrogens (tertiary/aromatic N) is 2. The second-order valence-corrected chi connectivity index (χ2v) is 5.64. The predicted octanol–water partition coefficient (Wildman–Crippen LogP) is 2.00. The molecule has 3 rings (SSSR count). The molecule has 2 heterocycles. The van der Waals surface area contributed by atoms with Gasteiger partial charge >= 0.3 is 0 Å². The number of aromatic nitrogens is 1. The van der Waals surface area contributed by atoms with E-state index >= 15 is 0 Å². The largest absolute Gasteiger partial charge is 0.472 e. The summed E-state index contributed by atoms with van der Waals surface area (Å²) in [4.78, 5) is 17.7. The lowest BCUT2D eigenvalue weighted by atomic mass is 10.1. The van der Waals surface area contributed by atoms with E-state index in [4.69, 9.17) is 4.74 Å². The van der Waals surface area contributed by atoms with Crippen LogP contribution in [0.3, 0.4) is 0 Å². The van der Waals surface area contributed by atoms with Crippen molar-refractivity contribution < 1.29 is 13.9 Å². The summed E-state index contributed by atoms with van der Waals surface area (Å²) in [6, 6.07) is 4.49. The van der Waals surface area contributed by atoms with Crippen molar-refractivity contribution in [2.24, 2.45) is 5.41 Å². The maximum absolute atomic E-state index is 13.0. The Hall–Kier alpha value is -1.65. The van der Waals surface area contributed by atoms with Crippen LogP contribution in [0.4, 0.5) is 4.39 Å². The van der Waals surface area contributed by atoms with Crippen molar-refractivity contribution in [1.29, 1.82) is 0 Å². The molecule has 2 fully saturated rings. The molecule has 2 aliphatic rings. The van der Waals surface area contributed by atoms with Crippen molar-refractivity contribution in [2.75, 3.05) is 13.1 Å². The number of carbonyl (C=O) groups excluding carboxylic acids is 1. The van der Waals surface area contributed by atoms with Crippen molar-refractivity contribution in [3.05, 3.63) is 24.1 Å². The number of hydrogen-bond acceptors (Lipinski definition) is 3. The average molecular weight is 264 g/mol. The SMILES string of the molecule is CC1(C(=O)N2CCC(Oc3cccc(F)n3)C2)CC1. The van der Waals surface area contributed by atoms with Gasteiger partial charge in [-0.05, 0) is 18.9 Å². The van der Waals surface area contributed by atoms with E-state index in [0.717, 1.165) is 19.3 Å². The smallest absolute Gasteiger partial charge is 0.228 e. The number of amides is 1. The van der Waals surface area contributed by atoms with E-state index in [2.05, 4.69) is 4.98 Å². The lowest BCUT2D eigenvalue weighted by molar-refractivity contribution is -0.135. The third-order valence-corrected chi connectivity index (χ3v) is 3.93. The zero-order valence-electron chi connectivity index (χ0n) is 10.9. The van der Waals surface area contributed by atoms with Crippen LogP contribution < -0.4 is 4.74 Å². The number of rotatable bonds is 3. The first-order valence-electron chi connectivity index (χ1n) is 6.65. The predicted molar refractivity (Wildman–Crippen MR) is 67.1 cm³/mol. The molecule has 1 aromatic heterocycles. The van der Waals surface area contributed by atoms with Crippen LogP contribution in [0.5, 0.6) is 5.88 Å². The molecule has 0 aromatic carbocycles. The highest BCUT2D eigenvalue weighted by molar-refractivity contribution is 5.85. The molecule has 1 amide bonds. The fourth-order valence-electron chi connectivity index (χ4n) is 2.42. The minimum Gasteiger partial charge on any atom is -0.472 e. The van der Waals surface area contributed by atoms with Gasteiger partial charge in [0.1, 0.15) is 6.10 Å². The molecule has 102 valence electrons. The Kier molecular flexibility index (Phi) is 2.92. The third kappa shape index (κ3) is 2.55. The molecule has 1 saturated heterocycles. The summed E-state index contributed by atoms with van der Waals surface area (Å²) in [5.74, 6) is -0.0309. The minimum atomic E-state index is -0.547. The molecule has 0 bridgehead atoms. The van der Waals surface area contributed by atoms with E-state index in [9.17, 15) is 9.18 Å². The molecule has 1 aliphatic heterocycles. The Labute approximate surface area is 111 Å². The molecular formula is C14H17FN2O2. The summed E-state index contributed by atoms with van der Waals surface area (Å²) in [5, 5.41) is 0. The van der Waals surface area contributed by atoms with Gasteiger partial charge in [0.25, 0.3) is 0 Å². The zero-order chi connectivity index (χ0) is 13.5. The van der Waals surface area contributed by atoms with E-state index in [1.165, 1.54) is 6.07 Å². The van der Waals surface area contributed by atoms with Crippen molar-refractivity contribution in [3.63, 3.8) is 0 Å². The number of halogens is 1. The second-order valence-electron chi connectivity index (χ2n) is 5.64. The van der Waals surface area contributed by atoms with Crippen molar-refractivity contribution in [2.45, 2.75) is 32.3 Å². The molecule has 1 saturated carbocycles. The lowest BCUT2D eigenvalue weighted by Crippen LogP contribution is -2.35. The summed E-state index contributed by atoms with van der Waals surface area (Å²) in [6.07, 6.45) is 2.67. The van der Waals surface area contributed by atoms with Crippen molar-refractivity contribution in [3.8, 4) is 5.88 Å². The van der Waals surface area contributed by atoms with Crippen LogP contribution >= 0.6 is 0 Å². The number of pyridine rings is 1. The summed E-state index contributed by atoms with van der Waals surface area (Å²) in [6.45, 7) is 3.30. The molecule has 1 aliphatic carbocycles. The molecule has 1 atom stereocenters. The molecule has 1 unspecified atom stereocenters. The van der Waals surface area contributed by atoms with Crippen LogP contribution in [0.1, 0.15) is 26.2 Å². The lowest BCUT2D eigenvalue weighted by Gasteiger charge is -2.20. The first-order valence-corrected chi connectivity index (χ1v) is 6.65. The van der Waals surface area contributed by atoms with Gasteiger partial charge < -0.3 is 9.64 Å². The Morgan fingerprint density at radius 1 is 1.53 bits per heavy atom. The summed E-state index contributed by atoms with van der Waals surface area (Å²) in [7, 11) is 0. The van der Waals surface area contributed by atoms with Gasteiger partial charge in [-0.2, -0.15) is 9.37 Å². The number of carbonyl (C=O) groups is 1. The van der Waals surface area contributed by atoms with Gasteiger partial charge in [-0.3, -0.25) is 4.79 Å². The Balaban J connectivity index is 1.59. The van der Waals surface area contributed by atoms with Crippen LogP contribution in [0.15, 0.2) is 18.2 Å². The highest BCUT2D eigenvalue weighted by Gasteiger charge is 2.48. The van der Waals surface area contributed by atoms with E-state index in [0.29, 0.717) is 13.1 Å². The maximum Gasteiger partial charge on any atom is 0.228 e. The topological polar surface area (TPSA) is 42.4 Å². The zero-order valence-corrected chi connectivity index (χ0v) is 10.9. The maximum atomic E-state index is 13.0. The molecule has 0 spiro atoms. The molecule has 19 heavy (non-hydrogen) atoms. The number of hydrogen-bond donors (Lipinski definition) is 0. The normalized spacial score (nSPS) is 24.3. The molecule has 0 N–H and O–H groups in total. The van der Waals surface area contributed by atoms with Gasteiger partial charge in [0.2, 0.25) is 17.7 Å². The molecule has 1 aromatic rings. The monoisotopic (exact) mass is 264 g/mol. The summed E-state index contributed by atoms with van der Waals surface area (Å²) in [5.41, 5.74) is -0.133. The van der Waals surface area contributed by atoms with E-state index in [1.807, 2.05) is 11.8 Å². The van der Waals surface area contributed by atoms with E-state index in [1.54, 1.807) is 12.1 Å². The molecule has 4 nitrogen and oxygen atoms in total. The minimum absolute atomic E-state index is 0.0828. The van der Waals surface area contributed by atoms with Gasteiger partial charge in [-0.15, -0.1) is 0 Å². The number of ether oxygens (including phenoxy) is 1. The van der Waals surface area contributed by atoms with Crippen LogP contribution in [0.25, 0.3) is 0 Å². The van der Waals surface area contributed by atoms with Gasteiger partial charge in [0.15, 0.2) is 0 Å². The standard InChI is InChI=1S/C14H17FN2O2/c1-14(6-7-14)13(18)17-8-5-10(9-17)19-12-4-2-3-11(15)16-12/h2-4,10H,5-9H2,1H3. The van der Waals surface area contributed by atoms with Gasteiger partial charge in [0, 0.05) is 24.4 Å². The van der Waals surface area contributed by atoms with E-state index < -0.39 is 5.95 Å². The van der Waals surface area contributed by atoms with Gasteiger partial charge in [0.05, 0.1) is 6.54 Å². The van der Waals surface area contributed by atoms with Gasteiger partial charge in [-0.1, -0.05) is 13.0 Å². The Morgan fingerprint density at radius 3 is 3.00 bits per heavy atom. The van der Waals surface area contributed by atoms with E-state index in [-0.39, 0.29) is 23.3 Å². The first-order chi connectivity index (χ1) is 9.07. The van der Waals surface area contributed by atoms with Crippen molar-refractivity contribution in [1.82, 2.24) is 9.88 Å². The summed E-state index contributed by atoms with van der Waals surface area (Å²) >= 11 is 0. The fourth-order valence-corrected chi connectivity index (χ4v) is 2.42. The second kappa shape index (κ2) is 4.47. The fraction of sp³-hybridized carbons (Fsp3) is 0.571. The van der Waals surface area contributed by atoms with Gasteiger partial charge in [-0.25, -0.2) is 0 Å². The number of likely N-dealkylation sites (tertiary alicyclic amines) is 1. The highest BCUT2D eigenvalue weighted by Crippen LogP contribution is 2.47. The van der Waals surface area contributed by atoms with Crippen LogP contribution in [-0.2, 0) is 4.79 Å². The average Bonchev–Trinajstić information content (AvgIpc) is 2.96. The molecular weight excluding hydrogens is 247 g/mol. The Bertz CT molecular complexity index is 502. The highest BCUT2D eigenvalue weighted by atomic mass is 19.1.